The van der Waals surface area contributed by atoms with E-state index in [2.05, 4.69) is 20.2 Å². The lowest BCUT2D eigenvalue weighted by atomic mass is 10.0. The van der Waals surface area contributed by atoms with Gasteiger partial charge in [-0.2, -0.15) is 5.26 Å². The van der Waals surface area contributed by atoms with Gasteiger partial charge in [-0.3, -0.25) is 4.40 Å². The van der Waals surface area contributed by atoms with Crippen LogP contribution in [0.1, 0.15) is 32.3 Å². The van der Waals surface area contributed by atoms with Crippen molar-refractivity contribution in [2.24, 2.45) is 5.73 Å². The average Bonchev–Trinajstić information content (AvgIpc) is 3.48. The number of aliphatic hydroxyl groups is 1. The molecule has 1 unspecified atom stereocenters. The van der Waals surface area contributed by atoms with E-state index in [-0.39, 0.29) is 11.6 Å². The van der Waals surface area contributed by atoms with Gasteiger partial charge in [-0.1, -0.05) is 17.3 Å². The summed E-state index contributed by atoms with van der Waals surface area (Å²) in [4.78, 5) is 11.8. The Labute approximate surface area is 224 Å². The largest absolute Gasteiger partial charge is 0.389 e. The van der Waals surface area contributed by atoms with Crippen LogP contribution in [-0.2, 0) is 6.54 Å². The number of nitrogens with zero attached hydrogens (tertiary/aromatic N) is 8. The number of rotatable bonds is 5. The van der Waals surface area contributed by atoms with Gasteiger partial charge < -0.3 is 15.7 Å². The number of benzene rings is 2. The maximum absolute atomic E-state index is 14.8. The normalized spacial score (nSPS) is 16.2. The van der Waals surface area contributed by atoms with Crippen molar-refractivity contribution in [1.29, 1.82) is 5.26 Å². The van der Waals surface area contributed by atoms with Crippen LogP contribution in [0, 0.1) is 17.1 Å². The fourth-order valence-corrected chi connectivity index (χ4v) is 5.22. The molecule has 1 fully saturated rings. The summed E-state index contributed by atoms with van der Waals surface area (Å²) in [6.07, 6.45) is 5.49. The molecule has 1 aliphatic rings. The SMILES string of the molecule is CC(C)(O)Cn1nnc2cc(-c3c(-c4ccc(C#N)c(F)c4)nc4c(N5CCCC(N)C5)nccn34)ccc21. The molecule has 5 aromatic rings. The summed E-state index contributed by atoms with van der Waals surface area (Å²) in [6.45, 7) is 5.22. The first kappa shape index (κ1) is 24.9. The van der Waals surface area contributed by atoms with Crippen LogP contribution in [0.3, 0.4) is 0 Å². The van der Waals surface area contributed by atoms with Crippen LogP contribution < -0.4 is 10.6 Å². The van der Waals surface area contributed by atoms with E-state index in [1.165, 1.54) is 12.1 Å². The molecule has 2 aromatic carbocycles. The second kappa shape index (κ2) is 9.41. The zero-order valence-corrected chi connectivity index (χ0v) is 21.7. The summed E-state index contributed by atoms with van der Waals surface area (Å²) < 4.78 is 18.4. The zero-order valence-electron chi connectivity index (χ0n) is 21.7. The highest BCUT2D eigenvalue weighted by Crippen LogP contribution is 2.37. The summed E-state index contributed by atoms with van der Waals surface area (Å²) in [5.74, 6) is 0.106. The molecule has 3 N–H and O–H groups in total. The van der Waals surface area contributed by atoms with Crippen molar-refractivity contribution in [3.8, 4) is 28.6 Å². The number of halogens is 1. The third-order valence-corrected chi connectivity index (χ3v) is 6.97. The number of nitrogens with two attached hydrogens (primary N) is 1. The number of hydrogen-bond acceptors (Lipinski definition) is 8. The number of anilines is 1. The average molecular weight is 526 g/mol. The summed E-state index contributed by atoms with van der Waals surface area (Å²) in [5, 5.41) is 28.1. The van der Waals surface area contributed by atoms with Gasteiger partial charge in [0, 0.05) is 42.7 Å². The van der Waals surface area contributed by atoms with Crippen molar-refractivity contribution in [3.05, 3.63) is 60.2 Å². The van der Waals surface area contributed by atoms with E-state index in [0.717, 1.165) is 36.2 Å². The molecule has 1 saturated heterocycles. The molecule has 4 heterocycles. The van der Waals surface area contributed by atoms with Crippen LogP contribution >= 0.6 is 0 Å². The predicted octanol–water partition coefficient (Wildman–Crippen LogP) is 3.52. The molecule has 0 bridgehead atoms. The Morgan fingerprint density at radius 2 is 2.03 bits per heavy atom. The summed E-state index contributed by atoms with van der Waals surface area (Å²) in [5.41, 5.74) is 9.98. The summed E-state index contributed by atoms with van der Waals surface area (Å²) >= 11 is 0. The lowest BCUT2D eigenvalue weighted by molar-refractivity contribution is 0.0585. The fraction of sp³-hybridized carbons (Fsp3) is 0.321. The Hall–Kier alpha value is -4.40. The second-order valence-corrected chi connectivity index (χ2v) is 10.7. The minimum absolute atomic E-state index is 0.0291. The van der Waals surface area contributed by atoms with Crippen molar-refractivity contribution in [2.75, 3.05) is 18.0 Å². The van der Waals surface area contributed by atoms with Crippen LogP contribution in [0.25, 0.3) is 39.2 Å². The van der Waals surface area contributed by atoms with Crippen molar-refractivity contribution in [1.82, 2.24) is 29.4 Å². The molecule has 3 aromatic heterocycles. The number of fused-ring (bicyclic) bond motifs is 2. The van der Waals surface area contributed by atoms with E-state index in [9.17, 15) is 14.8 Å². The van der Waals surface area contributed by atoms with Crippen LogP contribution in [-0.4, -0.2) is 59.2 Å². The molecule has 1 aliphatic heterocycles. The highest BCUT2D eigenvalue weighted by molar-refractivity contribution is 5.89. The Kier molecular flexibility index (Phi) is 6.01. The lowest BCUT2D eigenvalue weighted by Crippen LogP contribution is -2.43. The third kappa shape index (κ3) is 4.58. The quantitative estimate of drug-likeness (QED) is 0.356. The van der Waals surface area contributed by atoms with Gasteiger partial charge in [-0.25, -0.2) is 19.0 Å². The first-order chi connectivity index (χ1) is 18.7. The Balaban J connectivity index is 1.56. The summed E-state index contributed by atoms with van der Waals surface area (Å²) in [6, 6.07) is 12.2. The predicted molar refractivity (Wildman–Crippen MR) is 145 cm³/mol. The molecular weight excluding hydrogens is 497 g/mol. The second-order valence-electron chi connectivity index (χ2n) is 10.7. The number of hydrogen-bond donors (Lipinski definition) is 2. The number of aromatic nitrogens is 6. The van der Waals surface area contributed by atoms with Crippen molar-refractivity contribution < 1.29 is 9.50 Å². The Bertz CT molecular complexity index is 1740. The molecule has 39 heavy (non-hydrogen) atoms. The maximum atomic E-state index is 14.8. The standard InChI is InChI=1S/C28H28FN9O/c1-28(2,39)16-38-23-8-7-18(13-22(23)34-35-38)25-24(17-5-6-19(14-30)21(29)12-17)33-27-26(32-9-11-37(25)27)36-10-3-4-20(31)15-36/h5-9,11-13,20,39H,3-4,10,15-16,31H2,1-2H3. The maximum Gasteiger partial charge on any atom is 0.181 e. The van der Waals surface area contributed by atoms with Gasteiger partial charge in [0.15, 0.2) is 11.5 Å². The van der Waals surface area contributed by atoms with Crippen molar-refractivity contribution in [3.63, 3.8) is 0 Å². The van der Waals surface area contributed by atoms with Gasteiger partial charge in [0.2, 0.25) is 0 Å². The smallest absolute Gasteiger partial charge is 0.181 e. The van der Waals surface area contributed by atoms with E-state index in [1.54, 1.807) is 30.8 Å². The van der Waals surface area contributed by atoms with Gasteiger partial charge in [-0.15, -0.1) is 5.10 Å². The first-order valence-electron chi connectivity index (χ1n) is 12.9. The van der Waals surface area contributed by atoms with E-state index >= 15 is 0 Å². The van der Waals surface area contributed by atoms with Gasteiger partial charge in [-0.05, 0) is 51.0 Å². The fourth-order valence-electron chi connectivity index (χ4n) is 5.22. The molecule has 10 nitrogen and oxygen atoms in total. The minimum atomic E-state index is -0.950. The highest BCUT2D eigenvalue weighted by Gasteiger charge is 2.25. The molecule has 0 radical (unpaired) electrons. The molecule has 0 spiro atoms. The van der Waals surface area contributed by atoms with Crippen LogP contribution in [0.15, 0.2) is 48.8 Å². The number of piperidine rings is 1. The molecule has 0 amide bonds. The van der Waals surface area contributed by atoms with Crippen LogP contribution in [0.2, 0.25) is 0 Å². The third-order valence-electron chi connectivity index (χ3n) is 6.97. The van der Waals surface area contributed by atoms with Crippen molar-refractivity contribution >= 4 is 22.5 Å². The van der Waals surface area contributed by atoms with Crippen LogP contribution in [0.4, 0.5) is 10.2 Å². The van der Waals surface area contributed by atoms with Crippen molar-refractivity contribution in [2.45, 2.75) is 44.9 Å². The minimum Gasteiger partial charge on any atom is -0.389 e. The van der Waals surface area contributed by atoms with Gasteiger partial charge in [0.05, 0.1) is 34.6 Å². The summed E-state index contributed by atoms with van der Waals surface area (Å²) in [7, 11) is 0. The molecule has 1 atom stereocenters. The van der Waals surface area contributed by atoms with Gasteiger partial charge >= 0.3 is 0 Å². The van der Waals surface area contributed by atoms with E-state index in [0.29, 0.717) is 41.3 Å². The van der Waals surface area contributed by atoms with E-state index < -0.39 is 11.4 Å². The Morgan fingerprint density at radius 3 is 2.77 bits per heavy atom. The molecular formula is C28H28FN9O. The van der Waals surface area contributed by atoms with Gasteiger partial charge in [0.1, 0.15) is 17.4 Å². The molecule has 11 heteroatoms. The molecule has 198 valence electrons. The topological polar surface area (TPSA) is 134 Å². The molecule has 0 saturated carbocycles. The monoisotopic (exact) mass is 525 g/mol. The molecule has 0 aliphatic carbocycles. The zero-order chi connectivity index (χ0) is 27.3. The highest BCUT2D eigenvalue weighted by atomic mass is 19.1. The molecule has 6 rings (SSSR count). The Morgan fingerprint density at radius 1 is 1.21 bits per heavy atom. The lowest BCUT2D eigenvalue weighted by Gasteiger charge is -2.31. The number of imidazole rings is 1. The number of nitriles is 1. The van der Waals surface area contributed by atoms with E-state index in [1.807, 2.05) is 34.9 Å². The van der Waals surface area contributed by atoms with Crippen LogP contribution in [0.5, 0.6) is 0 Å². The first-order valence-corrected chi connectivity index (χ1v) is 12.9. The van der Waals surface area contributed by atoms with Gasteiger partial charge in [0.25, 0.3) is 0 Å². The van der Waals surface area contributed by atoms with E-state index in [4.69, 9.17) is 10.7 Å².